The number of amides is 1. The highest BCUT2D eigenvalue weighted by Crippen LogP contribution is 2.34. The summed E-state index contributed by atoms with van der Waals surface area (Å²) in [6, 6.07) is 9.78. The van der Waals surface area contributed by atoms with Crippen LogP contribution in [0.5, 0.6) is 0 Å². The van der Waals surface area contributed by atoms with Gasteiger partial charge in [0.15, 0.2) is 0 Å². The Hall–Kier alpha value is -2.76. The highest BCUT2D eigenvalue weighted by atomic mass is 16.6. The average Bonchev–Trinajstić information content (AvgIpc) is 2.84. The Balaban J connectivity index is 1.69. The van der Waals surface area contributed by atoms with Crippen LogP contribution in [-0.2, 0) is 11.3 Å². The highest BCUT2D eigenvalue weighted by molar-refractivity contribution is 5.91. The van der Waals surface area contributed by atoms with Crippen LogP contribution in [-0.4, -0.2) is 24.2 Å². The first-order valence-electron chi connectivity index (χ1n) is 6.84. The maximum atomic E-state index is 11.6. The third-order valence-electron chi connectivity index (χ3n) is 3.69. The van der Waals surface area contributed by atoms with Crippen LogP contribution in [0.3, 0.4) is 0 Å². The lowest BCUT2D eigenvalue weighted by Crippen LogP contribution is -2.23. The monoisotopic (exact) mass is 282 g/mol. The average molecular weight is 282 g/mol. The van der Waals surface area contributed by atoms with Gasteiger partial charge in [-0.15, -0.1) is 0 Å². The van der Waals surface area contributed by atoms with E-state index in [1.165, 1.54) is 0 Å². The molecule has 21 heavy (non-hydrogen) atoms. The Labute approximate surface area is 121 Å². The summed E-state index contributed by atoms with van der Waals surface area (Å²) in [4.78, 5) is 17.6. The molecule has 2 aromatic rings. The molecule has 1 amide bonds. The minimum Gasteiger partial charge on any atom is -0.447 e. The first kappa shape index (κ1) is 12.0. The van der Waals surface area contributed by atoms with E-state index in [0.29, 0.717) is 19.7 Å². The molecule has 1 fully saturated rings. The third-order valence-corrected chi connectivity index (χ3v) is 3.69. The van der Waals surface area contributed by atoms with Crippen molar-refractivity contribution >= 4 is 29.0 Å². The van der Waals surface area contributed by atoms with Gasteiger partial charge >= 0.3 is 6.09 Å². The van der Waals surface area contributed by atoms with Crippen molar-refractivity contribution in [3.63, 3.8) is 0 Å². The molecule has 3 heterocycles. The Morgan fingerprint density at radius 2 is 2.19 bits per heavy atom. The van der Waals surface area contributed by atoms with Gasteiger partial charge in [-0.3, -0.25) is 4.90 Å². The van der Waals surface area contributed by atoms with Crippen LogP contribution in [0.4, 0.5) is 27.7 Å². The van der Waals surface area contributed by atoms with Crippen molar-refractivity contribution in [3.05, 3.63) is 42.1 Å². The molecule has 0 saturated carbocycles. The second kappa shape index (κ2) is 4.66. The van der Waals surface area contributed by atoms with Crippen LogP contribution in [0.15, 0.2) is 36.5 Å². The number of pyridine rings is 1. The Morgan fingerprint density at radius 1 is 1.24 bits per heavy atom. The molecule has 1 aromatic carbocycles. The first-order valence-corrected chi connectivity index (χ1v) is 6.84. The number of ether oxygens (including phenoxy) is 1. The summed E-state index contributed by atoms with van der Waals surface area (Å²) < 4.78 is 4.98. The Kier molecular flexibility index (Phi) is 2.67. The molecular formula is C15H14N4O2. The summed E-state index contributed by atoms with van der Waals surface area (Å²) in [7, 11) is 0. The lowest BCUT2D eigenvalue weighted by atomic mass is 10.2. The Bertz CT molecular complexity index is 717. The number of anilines is 4. The van der Waals surface area contributed by atoms with Crippen LogP contribution in [0.25, 0.3) is 0 Å². The number of benzene rings is 1. The second-order valence-electron chi connectivity index (χ2n) is 4.99. The molecule has 106 valence electrons. The fourth-order valence-corrected chi connectivity index (χ4v) is 2.60. The standard InChI is InChI=1S/C15H14N4O2/c20-15-19(6-7-21-15)11-3-4-12-13(8-11)17-9-10-2-1-5-16-14(10)18-12/h1-5,8,17H,6-7,9H2,(H,16,18). The number of aromatic nitrogens is 1. The van der Waals surface area contributed by atoms with E-state index >= 15 is 0 Å². The van der Waals surface area contributed by atoms with Crippen molar-refractivity contribution in [3.8, 4) is 0 Å². The second-order valence-corrected chi connectivity index (χ2v) is 4.99. The predicted molar refractivity (Wildman–Crippen MR) is 80.0 cm³/mol. The smallest absolute Gasteiger partial charge is 0.414 e. The van der Waals surface area contributed by atoms with Gasteiger partial charge in [0.25, 0.3) is 0 Å². The number of nitrogens with one attached hydrogen (secondary N) is 2. The van der Waals surface area contributed by atoms with Crippen molar-refractivity contribution in [2.24, 2.45) is 0 Å². The van der Waals surface area contributed by atoms with Crippen LogP contribution in [0.2, 0.25) is 0 Å². The Morgan fingerprint density at radius 3 is 3.05 bits per heavy atom. The zero-order valence-electron chi connectivity index (χ0n) is 11.3. The lowest BCUT2D eigenvalue weighted by Gasteiger charge is -2.16. The topological polar surface area (TPSA) is 66.5 Å². The van der Waals surface area contributed by atoms with Crippen molar-refractivity contribution in [1.82, 2.24) is 4.98 Å². The van der Waals surface area contributed by atoms with E-state index in [-0.39, 0.29) is 6.09 Å². The van der Waals surface area contributed by atoms with Crippen molar-refractivity contribution in [2.45, 2.75) is 6.54 Å². The summed E-state index contributed by atoms with van der Waals surface area (Å²) in [5.41, 5.74) is 3.84. The molecule has 0 aliphatic carbocycles. The zero-order chi connectivity index (χ0) is 14.2. The van der Waals surface area contributed by atoms with E-state index < -0.39 is 0 Å². The van der Waals surface area contributed by atoms with E-state index in [1.54, 1.807) is 11.1 Å². The molecule has 6 nitrogen and oxygen atoms in total. The lowest BCUT2D eigenvalue weighted by molar-refractivity contribution is 0.181. The molecule has 1 aromatic heterocycles. The largest absolute Gasteiger partial charge is 0.447 e. The number of hydrogen-bond acceptors (Lipinski definition) is 5. The van der Waals surface area contributed by atoms with Gasteiger partial charge in [0, 0.05) is 24.0 Å². The number of carbonyl (C=O) groups excluding carboxylic acids is 1. The number of fused-ring (bicyclic) bond motifs is 2. The number of carbonyl (C=O) groups is 1. The number of cyclic esters (lactones) is 1. The van der Waals surface area contributed by atoms with Gasteiger partial charge in [0.2, 0.25) is 0 Å². The molecule has 0 unspecified atom stereocenters. The van der Waals surface area contributed by atoms with E-state index in [4.69, 9.17) is 4.74 Å². The molecule has 0 bridgehead atoms. The zero-order valence-corrected chi connectivity index (χ0v) is 11.3. The molecule has 2 N–H and O–H groups in total. The summed E-state index contributed by atoms with van der Waals surface area (Å²) in [5, 5.41) is 6.70. The van der Waals surface area contributed by atoms with Gasteiger partial charge in [0.05, 0.1) is 17.9 Å². The molecule has 2 aliphatic rings. The number of rotatable bonds is 1. The summed E-state index contributed by atoms with van der Waals surface area (Å²) in [6.07, 6.45) is 1.48. The van der Waals surface area contributed by atoms with E-state index in [1.807, 2.05) is 30.3 Å². The molecule has 2 aliphatic heterocycles. The van der Waals surface area contributed by atoms with E-state index in [0.717, 1.165) is 28.4 Å². The van der Waals surface area contributed by atoms with Gasteiger partial charge < -0.3 is 15.4 Å². The quantitative estimate of drug-likeness (QED) is 0.842. The van der Waals surface area contributed by atoms with Gasteiger partial charge in [0.1, 0.15) is 12.4 Å². The van der Waals surface area contributed by atoms with Crippen LogP contribution in [0.1, 0.15) is 5.56 Å². The number of nitrogens with zero attached hydrogens (tertiary/aromatic N) is 2. The molecule has 1 saturated heterocycles. The fourth-order valence-electron chi connectivity index (χ4n) is 2.60. The molecule has 0 atom stereocenters. The normalized spacial score (nSPS) is 16.2. The number of hydrogen-bond donors (Lipinski definition) is 2. The first-order chi connectivity index (χ1) is 10.3. The summed E-state index contributed by atoms with van der Waals surface area (Å²) in [5.74, 6) is 0.858. The van der Waals surface area contributed by atoms with Gasteiger partial charge in [-0.25, -0.2) is 9.78 Å². The van der Waals surface area contributed by atoms with Gasteiger partial charge in [-0.2, -0.15) is 0 Å². The molecule has 6 heteroatoms. The van der Waals surface area contributed by atoms with Crippen molar-refractivity contribution < 1.29 is 9.53 Å². The van der Waals surface area contributed by atoms with E-state index in [9.17, 15) is 4.79 Å². The van der Waals surface area contributed by atoms with Crippen LogP contribution < -0.4 is 15.5 Å². The molecule has 0 radical (unpaired) electrons. The minimum atomic E-state index is -0.290. The summed E-state index contributed by atoms with van der Waals surface area (Å²) in [6.45, 7) is 1.72. The fraction of sp³-hybridized carbons (Fsp3) is 0.200. The molecular weight excluding hydrogens is 268 g/mol. The molecule has 4 rings (SSSR count). The summed E-state index contributed by atoms with van der Waals surface area (Å²) >= 11 is 0. The van der Waals surface area contributed by atoms with Gasteiger partial charge in [-0.1, -0.05) is 6.07 Å². The third kappa shape index (κ3) is 2.05. The SMILES string of the molecule is O=C1OCCN1c1ccc2c(c1)NCc1cccnc1N2. The van der Waals surface area contributed by atoms with Crippen LogP contribution in [0, 0.1) is 0 Å². The minimum absolute atomic E-state index is 0.290. The van der Waals surface area contributed by atoms with E-state index in [2.05, 4.69) is 15.6 Å². The van der Waals surface area contributed by atoms with Gasteiger partial charge in [-0.05, 0) is 24.3 Å². The van der Waals surface area contributed by atoms with Crippen LogP contribution >= 0.6 is 0 Å². The predicted octanol–water partition coefficient (Wildman–Crippen LogP) is 2.71. The molecule has 0 spiro atoms. The van der Waals surface area contributed by atoms with Crippen molar-refractivity contribution in [1.29, 1.82) is 0 Å². The maximum absolute atomic E-state index is 11.6. The maximum Gasteiger partial charge on any atom is 0.414 e. The highest BCUT2D eigenvalue weighted by Gasteiger charge is 2.24. The van der Waals surface area contributed by atoms with Crippen molar-refractivity contribution in [2.75, 3.05) is 28.7 Å².